The van der Waals surface area contributed by atoms with Crippen LogP contribution in [0.4, 0.5) is 27.8 Å². The number of nitrogens with zero attached hydrogens (tertiary/aromatic N) is 7. The van der Waals surface area contributed by atoms with E-state index >= 15 is 0 Å². The van der Waals surface area contributed by atoms with Crippen molar-refractivity contribution in [3.8, 4) is 5.69 Å². The first kappa shape index (κ1) is 25.2. The van der Waals surface area contributed by atoms with E-state index in [1.165, 1.54) is 4.90 Å². The number of aromatic nitrogens is 4. The van der Waals surface area contributed by atoms with Gasteiger partial charge in [-0.25, -0.2) is 13.8 Å². The van der Waals surface area contributed by atoms with Gasteiger partial charge in [0.2, 0.25) is 0 Å². The standard InChI is InChI=1S/C26H25ClF5N7/c27-17-1-2-21-15(3-17)8-37(19-9-36(10-19)14-26(30,31)32)11-22-34-35-23(39(21)22)16-5-25(6-16)12-38(13-25)24-20(29)4-18(28)7-33-24/h1-4,7,16,19H,5-6,8-14H2. The Morgan fingerprint density at radius 3 is 2.51 bits per heavy atom. The van der Waals surface area contributed by atoms with Gasteiger partial charge in [0.05, 0.1) is 25.0 Å². The van der Waals surface area contributed by atoms with Crippen LogP contribution in [0.5, 0.6) is 0 Å². The summed E-state index contributed by atoms with van der Waals surface area (Å²) in [5.74, 6) is 0.611. The monoisotopic (exact) mass is 565 g/mol. The van der Waals surface area contributed by atoms with Gasteiger partial charge in [-0.1, -0.05) is 11.6 Å². The van der Waals surface area contributed by atoms with E-state index in [4.69, 9.17) is 11.6 Å². The van der Waals surface area contributed by atoms with E-state index in [1.807, 2.05) is 23.1 Å². The van der Waals surface area contributed by atoms with Crippen LogP contribution in [0.3, 0.4) is 0 Å². The van der Waals surface area contributed by atoms with Gasteiger partial charge in [-0.15, -0.1) is 10.2 Å². The molecule has 0 unspecified atom stereocenters. The first-order valence-electron chi connectivity index (χ1n) is 12.9. The Hall–Kier alpha value is -2.83. The molecule has 3 aromatic rings. The molecule has 5 heterocycles. The van der Waals surface area contributed by atoms with Gasteiger partial charge in [0, 0.05) is 61.2 Å². The summed E-state index contributed by atoms with van der Waals surface area (Å²) in [6, 6.07) is 6.53. The van der Waals surface area contributed by atoms with Crippen LogP contribution in [0.15, 0.2) is 30.5 Å². The average Bonchev–Trinajstić information content (AvgIpc) is 3.10. The van der Waals surface area contributed by atoms with E-state index in [2.05, 4.69) is 24.6 Å². The zero-order valence-electron chi connectivity index (χ0n) is 20.8. The van der Waals surface area contributed by atoms with Crippen molar-refractivity contribution in [2.45, 2.75) is 44.1 Å². The lowest BCUT2D eigenvalue weighted by Crippen LogP contribution is -2.62. The molecule has 39 heavy (non-hydrogen) atoms. The maximum atomic E-state index is 14.2. The number of hydrogen-bond acceptors (Lipinski definition) is 6. The second-order valence-electron chi connectivity index (χ2n) is 11.4. The van der Waals surface area contributed by atoms with Crippen LogP contribution in [0, 0.1) is 17.0 Å². The van der Waals surface area contributed by atoms with Crippen LogP contribution in [0.25, 0.3) is 5.69 Å². The predicted octanol–water partition coefficient (Wildman–Crippen LogP) is 4.54. The van der Waals surface area contributed by atoms with Gasteiger partial charge in [-0.2, -0.15) is 13.2 Å². The van der Waals surface area contributed by atoms with Crippen LogP contribution < -0.4 is 4.90 Å². The van der Waals surface area contributed by atoms with Crippen LogP contribution >= 0.6 is 11.6 Å². The Balaban J connectivity index is 1.09. The second-order valence-corrected chi connectivity index (χ2v) is 11.8. The number of alkyl halides is 3. The quantitative estimate of drug-likeness (QED) is 0.433. The van der Waals surface area contributed by atoms with Crippen molar-refractivity contribution in [2.24, 2.45) is 5.41 Å². The lowest BCUT2D eigenvalue weighted by Gasteiger charge is -2.59. The summed E-state index contributed by atoms with van der Waals surface area (Å²) in [6.45, 7) is 2.13. The first-order valence-corrected chi connectivity index (χ1v) is 13.3. The Bertz CT molecular complexity index is 1420. The molecule has 13 heteroatoms. The van der Waals surface area contributed by atoms with E-state index in [-0.39, 0.29) is 23.2 Å². The van der Waals surface area contributed by atoms with Crippen molar-refractivity contribution in [3.05, 3.63) is 64.3 Å². The molecular formula is C26H25ClF5N7. The number of fused-ring (bicyclic) bond motifs is 3. The number of rotatable bonds is 4. The third-order valence-electron chi connectivity index (χ3n) is 8.48. The predicted molar refractivity (Wildman–Crippen MR) is 133 cm³/mol. The smallest absolute Gasteiger partial charge is 0.353 e. The van der Waals surface area contributed by atoms with E-state index in [0.29, 0.717) is 44.3 Å². The molecular weight excluding hydrogens is 541 g/mol. The molecule has 1 saturated carbocycles. The number of hydrogen-bond donors (Lipinski definition) is 0. The van der Waals surface area contributed by atoms with Gasteiger partial charge in [0.25, 0.3) is 0 Å². The van der Waals surface area contributed by atoms with Gasteiger partial charge in [-0.05, 0) is 36.6 Å². The molecule has 0 bridgehead atoms. The molecule has 3 fully saturated rings. The van der Waals surface area contributed by atoms with E-state index in [9.17, 15) is 22.0 Å². The third-order valence-corrected chi connectivity index (χ3v) is 8.71. The minimum Gasteiger partial charge on any atom is -0.353 e. The zero-order valence-corrected chi connectivity index (χ0v) is 21.6. The van der Waals surface area contributed by atoms with Gasteiger partial charge in [0.1, 0.15) is 11.6 Å². The summed E-state index contributed by atoms with van der Waals surface area (Å²) in [4.78, 5) is 9.33. The number of halogens is 6. The highest BCUT2D eigenvalue weighted by Crippen LogP contribution is 2.56. The van der Waals surface area contributed by atoms with Gasteiger partial charge in [-0.3, -0.25) is 14.4 Å². The number of benzene rings is 1. The largest absolute Gasteiger partial charge is 0.401 e. The molecule has 0 atom stereocenters. The fraction of sp³-hybridized carbons (Fsp3) is 0.500. The molecule has 0 amide bonds. The maximum Gasteiger partial charge on any atom is 0.401 e. The highest BCUT2D eigenvalue weighted by Gasteiger charge is 2.55. The van der Waals surface area contributed by atoms with Crippen LogP contribution in [0.1, 0.15) is 36.0 Å². The van der Waals surface area contributed by atoms with Crippen LogP contribution in [0.2, 0.25) is 5.02 Å². The van der Waals surface area contributed by atoms with Crippen LogP contribution in [-0.4, -0.2) is 74.5 Å². The lowest BCUT2D eigenvalue weighted by molar-refractivity contribution is -0.161. The molecule has 4 aliphatic rings. The molecule has 1 aromatic carbocycles. The molecule has 2 aromatic heterocycles. The molecule has 1 spiro atoms. The van der Waals surface area contributed by atoms with Gasteiger partial charge in [0.15, 0.2) is 17.5 Å². The summed E-state index contributed by atoms with van der Waals surface area (Å²) in [7, 11) is 0. The SMILES string of the molecule is Fc1cnc(N2CC3(CC(c4nnc5n4-c4ccc(Cl)cc4CN(C4CN(CC(F)(F)F)C4)C5)C3)C2)c(F)c1. The van der Waals surface area contributed by atoms with Gasteiger partial charge < -0.3 is 4.90 Å². The fourth-order valence-electron chi connectivity index (χ4n) is 6.71. The Labute approximate surface area is 226 Å². The summed E-state index contributed by atoms with van der Waals surface area (Å²) in [5.41, 5.74) is 1.96. The number of likely N-dealkylation sites (tertiary alicyclic amines) is 1. The van der Waals surface area contributed by atoms with Gasteiger partial charge >= 0.3 is 6.18 Å². The molecule has 3 aliphatic heterocycles. The van der Waals surface area contributed by atoms with Crippen molar-refractivity contribution < 1.29 is 22.0 Å². The van der Waals surface area contributed by atoms with Crippen molar-refractivity contribution in [1.29, 1.82) is 0 Å². The fourth-order valence-corrected chi connectivity index (χ4v) is 6.90. The molecule has 206 valence electrons. The van der Waals surface area contributed by atoms with Crippen molar-refractivity contribution in [2.75, 3.05) is 37.6 Å². The summed E-state index contributed by atoms with van der Waals surface area (Å²) < 4.78 is 67.9. The molecule has 7 nitrogen and oxygen atoms in total. The minimum absolute atomic E-state index is 0.0146. The van der Waals surface area contributed by atoms with Crippen LogP contribution in [-0.2, 0) is 13.1 Å². The summed E-state index contributed by atoms with van der Waals surface area (Å²) >= 11 is 6.34. The molecule has 0 N–H and O–H groups in total. The lowest BCUT2D eigenvalue weighted by atomic mass is 9.57. The van der Waals surface area contributed by atoms with E-state index in [1.54, 1.807) is 0 Å². The van der Waals surface area contributed by atoms with E-state index < -0.39 is 24.4 Å². The summed E-state index contributed by atoms with van der Waals surface area (Å²) in [6.07, 6.45) is -1.44. The Kier molecular flexibility index (Phi) is 5.70. The number of pyridine rings is 1. The highest BCUT2D eigenvalue weighted by atomic mass is 35.5. The van der Waals surface area contributed by atoms with Crippen molar-refractivity contribution in [1.82, 2.24) is 29.5 Å². The molecule has 1 aliphatic carbocycles. The second kappa shape index (κ2) is 8.84. The molecule has 2 saturated heterocycles. The Morgan fingerprint density at radius 1 is 1.03 bits per heavy atom. The number of anilines is 1. The summed E-state index contributed by atoms with van der Waals surface area (Å²) in [5, 5.41) is 9.69. The Morgan fingerprint density at radius 2 is 1.79 bits per heavy atom. The molecule has 0 radical (unpaired) electrons. The van der Waals surface area contributed by atoms with Crippen molar-refractivity contribution >= 4 is 17.4 Å². The van der Waals surface area contributed by atoms with E-state index in [0.717, 1.165) is 48.0 Å². The first-order chi connectivity index (χ1) is 18.6. The molecule has 7 rings (SSSR count). The average molecular weight is 566 g/mol. The van der Waals surface area contributed by atoms with Crippen molar-refractivity contribution in [3.63, 3.8) is 0 Å². The maximum absolute atomic E-state index is 14.2. The minimum atomic E-state index is -4.21. The normalized spacial score (nSPS) is 21.6. The zero-order chi connectivity index (χ0) is 27.1. The highest BCUT2D eigenvalue weighted by molar-refractivity contribution is 6.30. The topological polar surface area (TPSA) is 53.3 Å². The third kappa shape index (κ3) is 4.46.